The van der Waals surface area contributed by atoms with Gasteiger partial charge in [-0.3, -0.25) is 4.90 Å². The van der Waals surface area contributed by atoms with Crippen LogP contribution in [0.5, 0.6) is 0 Å². The molecule has 1 aromatic carbocycles. The van der Waals surface area contributed by atoms with Crippen molar-refractivity contribution in [2.45, 2.75) is 25.5 Å². The number of rotatable bonds is 5. The van der Waals surface area contributed by atoms with Gasteiger partial charge in [-0.2, -0.15) is 11.3 Å². The Morgan fingerprint density at radius 2 is 2.07 bits per heavy atom. The van der Waals surface area contributed by atoms with Crippen LogP contribution in [0.15, 0.2) is 47.4 Å². The second-order valence-electron chi connectivity index (χ2n) is 6.82. The first-order valence-electron chi connectivity index (χ1n) is 9.08. The molecule has 0 radical (unpaired) electrons. The van der Waals surface area contributed by atoms with Crippen molar-refractivity contribution in [3.8, 4) is 11.4 Å². The zero-order chi connectivity index (χ0) is 18.6. The van der Waals surface area contributed by atoms with Gasteiger partial charge in [0.05, 0.1) is 5.56 Å². The Kier molecular flexibility index (Phi) is 5.31. The molecule has 1 aliphatic heterocycles. The van der Waals surface area contributed by atoms with E-state index in [1.165, 1.54) is 5.56 Å². The van der Waals surface area contributed by atoms with Crippen molar-refractivity contribution in [1.29, 1.82) is 0 Å². The number of carbonyl (C=O) groups is 1. The summed E-state index contributed by atoms with van der Waals surface area (Å²) in [6, 6.07) is 9.58. The molecule has 0 unspecified atom stereocenters. The van der Waals surface area contributed by atoms with E-state index in [-0.39, 0.29) is 12.1 Å². The van der Waals surface area contributed by atoms with E-state index < -0.39 is 0 Å². The van der Waals surface area contributed by atoms with Gasteiger partial charge >= 0.3 is 5.97 Å². The van der Waals surface area contributed by atoms with Crippen LogP contribution in [0.1, 0.15) is 28.8 Å². The summed E-state index contributed by atoms with van der Waals surface area (Å²) in [5, 5.41) is 12.3. The van der Waals surface area contributed by atoms with Gasteiger partial charge in [0.1, 0.15) is 12.4 Å². The Morgan fingerprint density at radius 1 is 1.26 bits per heavy atom. The Bertz CT molecular complexity index is 898. The Labute approximate surface area is 162 Å². The van der Waals surface area contributed by atoms with Crippen molar-refractivity contribution < 1.29 is 9.53 Å². The Hall–Kier alpha value is -2.51. The van der Waals surface area contributed by atoms with E-state index in [1.54, 1.807) is 28.3 Å². The highest BCUT2D eigenvalue weighted by Gasteiger charge is 2.25. The number of aromatic nitrogens is 3. The topological polar surface area (TPSA) is 60.3 Å². The number of hydrogen-bond donors (Lipinski definition) is 0. The third-order valence-electron chi connectivity index (χ3n) is 4.89. The zero-order valence-electron chi connectivity index (χ0n) is 15.2. The first kappa shape index (κ1) is 17.9. The van der Waals surface area contributed by atoms with E-state index in [9.17, 15) is 4.79 Å². The van der Waals surface area contributed by atoms with E-state index in [0.717, 1.165) is 38.0 Å². The van der Waals surface area contributed by atoms with E-state index in [2.05, 4.69) is 31.9 Å². The Balaban J connectivity index is 1.39. The fourth-order valence-corrected chi connectivity index (χ4v) is 4.08. The van der Waals surface area contributed by atoms with Crippen LogP contribution in [-0.2, 0) is 18.3 Å². The second kappa shape index (κ2) is 8.02. The normalized spacial score (nSPS) is 15.7. The number of nitrogens with zero attached hydrogens (tertiary/aromatic N) is 4. The molecule has 0 N–H and O–H groups in total. The fraction of sp³-hybridized carbons (Fsp3) is 0.350. The molecule has 7 heteroatoms. The molecule has 0 spiro atoms. The molecule has 27 heavy (non-hydrogen) atoms. The number of likely N-dealkylation sites (tertiary alicyclic amines) is 1. The molecule has 6 nitrogen and oxygen atoms in total. The van der Waals surface area contributed by atoms with E-state index in [0.29, 0.717) is 11.4 Å². The van der Waals surface area contributed by atoms with Gasteiger partial charge in [0.2, 0.25) is 0 Å². The summed E-state index contributed by atoms with van der Waals surface area (Å²) < 4.78 is 7.62. The van der Waals surface area contributed by atoms with Crippen LogP contribution in [0.25, 0.3) is 11.4 Å². The first-order chi connectivity index (χ1) is 13.2. The molecule has 3 heterocycles. The number of benzene rings is 1. The van der Waals surface area contributed by atoms with Crippen LogP contribution in [0, 0.1) is 0 Å². The smallest absolute Gasteiger partial charge is 0.339 e. The SMILES string of the molecule is Cn1cnnc1-c1ccccc1C(=O)OC1CCN(Cc2ccsc2)CC1. The predicted octanol–water partition coefficient (Wildman–Crippen LogP) is 3.37. The molecule has 4 rings (SSSR count). The van der Waals surface area contributed by atoms with Gasteiger partial charge in [-0.1, -0.05) is 18.2 Å². The van der Waals surface area contributed by atoms with Gasteiger partial charge in [-0.15, -0.1) is 10.2 Å². The maximum Gasteiger partial charge on any atom is 0.339 e. The van der Waals surface area contributed by atoms with Crippen LogP contribution in [-0.4, -0.2) is 44.8 Å². The van der Waals surface area contributed by atoms with Crippen LogP contribution in [0.4, 0.5) is 0 Å². The second-order valence-corrected chi connectivity index (χ2v) is 7.60. The van der Waals surface area contributed by atoms with Crippen molar-refractivity contribution in [3.05, 3.63) is 58.5 Å². The van der Waals surface area contributed by atoms with E-state index in [1.807, 2.05) is 25.2 Å². The van der Waals surface area contributed by atoms with Crippen LogP contribution in [0.3, 0.4) is 0 Å². The molecule has 0 atom stereocenters. The number of ether oxygens (including phenoxy) is 1. The van der Waals surface area contributed by atoms with Gasteiger partial charge in [-0.05, 0) is 41.3 Å². The molecular formula is C20H22N4O2S. The lowest BCUT2D eigenvalue weighted by atomic mass is 10.1. The van der Waals surface area contributed by atoms with Crippen molar-refractivity contribution in [2.24, 2.45) is 7.05 Å². The maximum absolute atomic E-state index is 12.8. The zero-order valence-corrected chi connectivity index (χ0v) is 16.1. The number of esters is 1. The molecule has 140 valence electrons. The molecule has 1 fully saturated rings. The van der Waals surface area contributed by atoms with Gasteiger partial charge in [0.25, 0.3) is 0 Å². The molecule has 0 aliphatic carbocycles. The van der Waals surface area contributed by atoms with Gasteiger partial charge in [0.15, 0.2) is 5.82 Å². The molecule has 2 aromatic heterocycles. The molecule has 1 saturated heterocycles. The highest BCUT2D eigenvalue weighted by atomic mass is 32.1. The number of hydrogen-bond acceptors (Lipinski definition) is 6. The molecule has 0 amide bonds. The Morgan fingerprint density at radius 3 is 2.78 bits per heavy atom. The minimum absolute atomic E-state index is 0.0382. The average Bonchev–Trinajstić information content (AvgIpc) is 3.35. The summed E-state index contributed by atoms with van der Waals surface area (Å²) in [5.41, 5.74) is 2.64. The van der Waals surface area contributed by atoms with E-state index >= 15 is 0 Å². The lowest BCUT2D eigenvalue weighted by molar-refractivity contribution is 0.0105. The van der Waals surface area contributed by atoms with Crippen LogP contribution >= 0.6 is 11.3 Å². The summed E-state index contributed by atoms with van der Waals surface area (Å²) in [7, 11) is 1.86. The van der Waals surface area contributed by atoms with Crippen LogP contribution < -0.4 is 0 Å². The quantitative estimate of drug-likeness (QED) is 0.633. The third-order valence-corrected chi connectivity index (χ3v) is 5.63. The van der Waals surface area contributed by atoms with Gasteiger partial charge in [-0.25, -0.2) is 4.79 Å². The summed E-state index contributed by atoms with van der Waals surface area (Å²) in [6.07, 6.45) is 3.31. The standard InChI is InChI=1S/C20H22N4O2S/c1-23-14-21-22-19(23)17-4-2-3-5-18(17)20(25)26-16-6-9-24(10-7-16)12-15-8-11-27-13-15/h2-5,8,11,13-14,16H,6-7,9-10,12H2,1H3. The van der Waals surface area contributed by atoms with Crippen molar-refractivity contribution in [2.75, 3.05) is 13.1 Å². The first-order valence-corrected chi connectivity index (χ1v) is 10.0. The van der Waals surface area contributed by atoms with E-state index in [4.69, 9.17) is 4.74 Å². The third kappa shape index (κ3) is 4.09. The average molecular weight is 382 g/mol. The lowest BCUT2D eigenvalue weighted by Crippen LogP contribution is -2.37. The van der Waals surface area contributed by atoms with Crippen LogP contribution in [0.2, 0.25) is 0 Å². The van der Waals surface area contributed by atoms with Crippen molar-refractivity contribution in [1.82, 2.24) is 19.7 Å². The minimum atomic E-state index is -0.287. The molecular weight excluding hydrogens is 360 g/mol. The maximum atomic E-state index is 12.8. The summed E-state index contributed by atoms with van der Waals surface area (Å²) in [6.45, 7) is 2.86. The van der Waals surface area contributed by atoms with Crippen molar-refractivity contribution in [3.63, 3.8) is 0 Å². The lowest BCUT2D eigenvalue weighted by Gasteiger charge is -2.31. The van der Waals surface area contributed by atoms with Gasteiger partial charge < -0.3 is 9.30 Å². The molecule has 0 bridgehead atoms. The predicted molar refractivity (Wildman–Crippen MR) is 104 cm³/mol. The summed E-state index contributed by atoms with van der Waals surface area (Å²) >= 11 is 1.73. The largest absolute Gasteiger partial charge is 0.459 e. The highest BCUT2D eigenvalue weighted by Crippen LogP contribution is 2.24. The van der Waals surface area contributed by atoms with Gasteiger partial charge in [0, 0.05) is 32.2 Å². The minimum Gasteiger partial charge on any atom is -0.459 e. The molecule has 1 aliphatic rings. The summed E-state index contributed by atoms with van der Waals surface area (Å²) in [4.78, 5) is 15.2. The highest BCUT2D eigenvalue weighted by molar-refractivity contribution is 7.07. The monoisotopic (exact) mass is 382 g/mol. The number of carbonyl (C=O) groups excluding carboxylic acids is 1. The molecule has 3 aromatic rings. The number of aryl methyl sites for hydroxylation is 1. The number of piperidine rings is 1. The van der Waals surface area contributed by atoms with Crippen molar-refractivity contribution >= 4 is 17.3 Å². The molecule has 0 saturated carbocycles. The summed E-state index contributed by atoms with van der Waals surface area (Å²) in [5.74, 6) is 0.373. The fourth-order valence-electron chi connectivity index (χ4n) is 3.42. The number of thiophene rings is 1.